The van der Waals surface area contributed by atoms with Crippen LogP contribution in [0.1, 0.15) is 32.1 Å². The maximum Gasteiger partial charge on any atom is 0.225 e. The Balaban J connectivity index is 0.00000162. The summed E-state index contributed by atoms with van der Waals surface area (Å²) in [4.78, 5) is 14.1. The lowest BCUT2D eigenvalue weighted by molar-refractivity contribution is -0.136. The number of halogens is 1. The number of likely N-dealkylation sites (N-methyl/N-ethyl adjacent to an activating group) is 1. The molecule has 0 aliphatic heterocycles. The minimum absolute atomic E-state index is 0. The van der Waals surface area contributed by atoms with Crippen molar-refractivity contribution < 1.29 is 4.79 Å². The zero-order valence-electron chi connectivity index (χ0n) is 11.2. The number of carbonyl (C=O) groups excluding carboxylic acids is 1. The number of fused-ring (bicyclic) bond motifs is 2. The van der Waals surface area contributed by atoms with Crippen LogP contribution in [0, 0.1) is 17.8 Å². The quantitative estimate of drug-likeness (QED) is 0.801. The Hall–Kier alpha value is -0.540. The third kappa shape index (κ3) is 3.07. The van der Waals surface area contributed by atoms with Crippen LogP contribution in [0.15, 0.2) is 12.7 Å². The molecule has 2 bridgehead atoms. The van der Waals surface area contributed by atoms with Gasteiger partial charge >= 0.3 is 0 Å². The van der Waals surface area contributed by atoms with E-state index < -0.39 is 0 Å². The normalized spacial score (nSPS) is 34.3. The summed E-state index contributed by atoms with van der Waals surface area (Å²) in [5.74, 6) is 1.64. The van der Waals surface area contributed by atoms with Crippen molar-refractivity contribution in [3.63, 3.8) is 0 Å². The van der Waals surface area contributed by atoms with Gasteiger partial charge in [-0.1, -0.05) is 12.5 Å². The van der Waals surface area contributed by atoms with Crippen molar-refractivity contribution in [3.05, 3.63) is 12.7 Å². The third-order valence-electron chi connectivity index (χ3n) is 4.54. The number of hydrogen-bond acceptors (Lipinski definition) is 2. The minimum Gasteiger partial charge on any atom is -0.342 e. The predicted octanol–water partition coefficient (Wildman–Crippen LogP) is 2.21. The van der Waals surface area contributed by atoms with Gasteiger partial charge in [-0.2, -0.15) is 0 Å². The number of nitrogens with two attached hydrogens (primary N) is 1. The fourth-order valence-electron chi connectivity index (χ4n) is 3.59. The van der Waals surface area contributed by atoms with E-state index in [1.165, 1.54) is 19.3 Å². The van der Waals surface area contributed by atoms with Gasteiger partial charge in [0.05, 0.1) is 0 Å². The van der Waals surface area contributed by atoms with E-state index in [4.69, 9.17) is 5.73 Å². The van der Waals surface area contributed by atoms with Gasteiger partial charge in [0.2, 0.25) is 5.91 Å². The smallest absolute Gasteiger partial charge is 0.225 e. The van der Waals surface area contributed by atoms with Gasteiger partial charge in [-0.25, -0.2) is 0 Å². The van der Waals surface area contributed by atoms with Gasteiger partial charge in [-0.05, 0) is 37.5 Å². The highest BCUT2D eigenvalue weighted by Gasteiger charge is 2.40. The first-order valence-corrected chi connectivity index (χ1v) is 6.75. The zero-order chi connectivity index (χ0) is 12.4. The minimum atomic E-state index is 0. The van der Waals surface area contributed by atoms with E-state index in [2.05, 4.69) is 6.58 Å². The molecule has 0 radical (unpaired) electrons. The van der Waals surface area contributed by atoms with Gasteiger partial charge in [0, 0.05) is 25.6 Å². The summed E-state index contributed by atoms with van der Waals surface area (Å²) in [5, 5.41) is 0. The van der Waals surface area contributed by atoms with Gasteiger partial charge in [0.1, 0.15) is 0 Å². The molecule has 1 amide bonds. The number of rotatable bonds is 3. The van der Waals surface area contributed by atoms with E-state index in [1.807, 2.05) is 7.05 Å². The molecule has 0 heterocycles. The summed E-state index contributed by atoms with van der Waals surface area (Å²) in [7, 11) is 1.87. The van der Waals surface area contributed by atoms with Crippen LogP contribution in [0.25, 0.3) is 0 Å². The second kappa shape index (κ2) is 6.58. The second-order valence-electron chi connectivity index (χ2n) is 5.70. The average molecular weight is 273 g/mol. The van der Waals surface area contributed by atoms with Crippen molar-refractivity contribution >= 4 is 18.3 Å². The molecule has 2 aliphatic carbocycles. The number of nitrogens with zero attached hydrogens (tertiary/aromatic N) is 1. The molecule has 2 rings (SSSR count). The predicted molar refractivity (Wildman–Crippen MR) is 76.6 cm³/mol. The van der Waals surface area contributed by atoms with Crippen LogP contribution in [0.5, 0.6) is 0 Å². The molecule has 0 aromatic rings. The van der Waals surface area contributed by atoms with E-state index in [1.54, 1.807) is 11.0 Å². The van der Waals surface area contributed by atoms with E-state index in [-0.39, 0.29) is 24.2 Å². The molecule has 0 aromatic heterocycles. The first kappa shape index (κ1) is 15.5. The summed E-state index contributed by atoms with van der Waals surface area (Å²) in [6, 6.07) is 0.345. The lowest BCUT2D eigenvalue weighted by atomic mass is 9.65. The van der Waals surface area contributed by atoms with E-state index in [0.717, 1.165) is 12.8 Å². The molecule has 2 fully saturated rings. The molecule has 2 unspecified atom stereocenters. The first-order chi connectivity index (χ1) is 8.13. The van der Waals surface area contributed by atoms with E-state index in [0.29, 0.717) is 24.4 Å². The Morgan fingerprint density at radius 1 is 1.39 bits per heavy atom. The molecule has 3 nitrogen and oxygen atoms in total. The average Bonchev–Trinajstić information content (AvgIpc) is 2.28. The molecular weight excluding hydrogens is 248 g/mol. The summed E-state index contributed by atoms with van der Waals surface area (Å²) in [5.41, 5.74) is 6.24. The van der Waals surface area contributed by atoms with Crippen LogP contribution in [0.4, 0.5) is 0 Å². The van der Waals surface area contributed by atoms with Gasteiger partial charge in [-0.15, -0.1) is 19.0 Å². The first-order valence-electron chi connectivity index (χ1n) is 6.75. The fourth-order valence-corrected chi connectivity index (χ4v) is 3.59. The Morgan fingerprint density at radius 3 is 2.44 bits per heavy atom. The molecule has 2 N–H and O–H groups in total. The summed E-state index contributed by atoms with van der Waals surface area (Å²) < 4.78 is 0. The fraction of sp³-hybridized carbons (Fsp3) is 0.786. The van der Waals surface area contributed by atoms with Crippen LogP contribution in [-0.4, -0.2) is 30.4 Å². The highest BCUT2D eigenvalue weighted by Crippen LogP contribution is 2.42. The Bertz CT molecular complexity index is 294. The van der Waals surface area contributed by atoms with Crippen molar-refractivity contribution in [3.8, 4) is 0 Å². The zero-order valence-corrected chi connectivity index (χ0v) is 12.0. The van der Waals surface area contributed by atoms with Gasteiger partial charge in [0.25, 0.3) is 0 Å². The van der Waals surface area contributed by atoms with Crippen molar-refractivity contribution in [2.45, 2.75) is 38.1 Å². The monoisotopic (exact) mass is 272 g/mol. The molecule has 104 valence electrons. The van der Waals surface area contributed by atoms with Crippen LogP contribution < -0.4 is 5.73 Å². The largest absolute Gasteiger partial charge is 0.342 e. The van der Waals surface area contributed by atoms with Crippen LogP contribution in [-0.2, 0) is 4.79 Å². The molecule has 0 spiro atoms. The molecular formula is C14H25ClN2O. The maximum atomic E-state index is 12.3. The Labute approximate surface area is 116 Å². The highest BCUT2D eigenvalue weighted by molar-refractivity contribution is 5.85. The third-order valence-corrected chi connectivity index (χ3v) is 4.54. The van der Waals surface area contributed by atoms with Crippen molar-refractivity contribution in [1.82, 2.24) is 4.90 Å². The lowest BCUT2D eigenvalue weighted by Crippen LogP contribution is -2.49. The molecule has 2 atom stereocenters. The second-order valence-corrected chi connectivity index (χ2v) is 5.70. The SMILES string of the molecule is C=CCN(C)C(=O)C1CC2CCCC(C1)C2N.Cl. The number of hydrogen-bond donors (Lipinski definition) is 1. The topological polar surface area (TPSA) is 46.3 Å². The maximum absolute atomic E-state index is 12.3. The molecule has 18 heavy (non-hydrogen) atoms. The molecule has 2 aliphatic rings. The van der Waals surface area contributed by atoms with Crippen LogP contribution in [0.2, 0.25) is 0 Å². The van der Waals surface area contributed by atoms with Crippen molar-refractivity contribution in [2.24, 2.45) is 23.5 Å². The summed E-state index contributed by atoms with van der Waals surface area (Å²) in [6.07, 6.45) is 7.51. The Kier molecular flexibility index (Phi) is 5.67. The lowest BCUT2D eigenvalue weighted by Gasteiger charge is -2.44. The van der Waals surface area contributed by atoms with Crippen LogP contribution >= 0.6 is 12.4 Å². The number of carbonyl (C=O) groups is 1. The molecule has 2 saturated carbocycles. The summed E-state index contributed by atoms with van der Waals surface area (Å²) >= 11 is 0. The summed E-state index contributed by atoms with van der Waals surface area (Å²) in [6.45, 7) is 4.33. The van der Waals surface area contributed by atoms with Gasteiger partial charge in [0.15, 0.2) is 0 Å². The Morgan fingerprint density at radius 2 is 1.94 bits per heavy atom. The van der Waals surface area contributed by atoms with E-state index in [9.17, 15) is 4.79 Å². The number of amides is 1. The van der Waals surface area contributed by atoms with Gasteiger partial charge < -0.3 is 10.6 Å². The van der Waals surface area contributed by atoms with Gasteiger partial charge in [-0.3, -0.25) is 4.79 Å². The molecule has 4 heteroatoms. The van der Waals surface area contributed by atoms with E-state index >= 15 is 0 Å². The van der Waals surface area contributed by atoms with Crippen molar-refractivity contribution in [2.75, 3.05) is 13.6 Å². The van der Waals surface area contributed by atoms with Crippen LogP contribution in [0.3, 0.4) is 0 Å². The molecule has 0 saturated heterocycles. The highest BCUT2D eigenvalue weighted by atomic mass is 35.5. The molecule has 0 aromatic carbocycles. The van der Waals surface area contributed by atoms with Crippen molar-refractivity contribution in [1.29, 1.82) is 0 Å². The standard InChI is InChI=1S/C14H24N2O.ClH/c1-3-7-16(2)14(17)12-8-10-5-4-6-11(9-12)13(10)15;/h3,10-13H,1,4-9,15H2,2H3;1H.